The number of halogens is 1. The van der Waals surface area contributed by atoms with Gasteiger partial charge in [0.1, 0.15) is 6.61 Å². The second-order valence-electron chi connectivity index (χ2n) is 5.87. The van der Waals surface area contributed by atoms with Crippen LogP contribution in [0.1, 0.15) is 11.1 Å². The van der Waals surface area contributed by atoms with Crippen molar-refractivity contribution in [1.29, 1.82) is 5.26 Å². The maximum atomic E-state index is 9.68. The van der Waals surface area contributed by atoms with Crippen molar-refractivity contribution in [2.24, 2.45) is 0 Å². The van der Waals surface area contributed by atoms with Crippen LogP contribution < -0.4 is 9.47 Å². The SMILES string of the molecule is C=CCOc1c(Br)cc(/C=C(/C#N)c2ccc3ccccc3c2)cc1OC. The smallest absolute Gasteiger partial charge is 0.175 e. The molecule has 0 radical (unpaired) electrons. The molecule has 0 atom stereocenters. The molecule has 3 rings (SSSR count). The highest BCUT2D eigenvalue weighted by Gasteiger charge is 2.12. The summed E-state index contributed by atoms with van der Waals surface area (Å²) in [5.74, 6) is 1.20. The van der Waals surface area contributed by atoms with Gasteiger partial charge in [0, 0.05) is 0 Å². The Balaban J connectivity index is 2.03. The molecule has 0 bridgehead atoms. The molecule has 0 aliphatic heterocycles. The van der Waals surface area contributed by atoms with E-state index in [0.29, 0.717) is 23.7 Å². The van der Waals surface area contributed by atoms with Gasteiger partial charge in [-0.1, -0.05) is 49.1 Å². The fourth-order valence-electron chi connectivity index (χ4n) is 2.81. The first-order valence-corrected chi connectivity index (χ1v) is 9.17. The van der Waals surface area contributed by atoms with E-state index < -0.39 is 0 Å². The summed E-state index contributed by atoms with van der Waals surface area (Å²) in [6.07, 6.45) is 3.52. The number of benzene rings is 3. The van der Waals surface area contributed by atoms with E-state index in [1.54, 1.807) is 13.2 Å². The molecule has 0 fully saturated rings. The molecule has 27 heavy (non-hydrogen) atoms. The minimum Gasteiger partial charge on any atom is -0.493 e. The lowest BCUT2D eigenvalue weighted by atomic mass is 10.00. The number of hydrogen-bond acceptors (Lipinski definition) is 3. The maximum Gasteiger partial charge on any atom is 0.175 e. The van der Waals surface area contributed by atoms with E-state index in [4.69, 9.17) is 9.47 Å². The third-order valence-corrected chi connectivity index (χ3v) is 4.68. The largest absolute Gasteiger partial charge is 0.493 e. The Bertz CT molecular complexity index is 1060. The minimum atomic E-state index is 0.380. The molecule has 0 N–H and O–H groups in total. The Labute approximate surface area is 167 Å². The van der Waals surface area contributed by atoms with Gasteiger partial charge in [0.2, 0.25) is 0 Å². The standard InChI is InChI=1S/C23H18BrNO2/c1-3-10-27-23-21(24)12-16(13-22(23)26-2)11-20(15-25)19-9-8-17-6-4-5-7-18(17)14-19/h3-9,11-14H,1,10H2,2H3/b20-11-. The van der Waals surface area contributed by atoms with Gasteiger partial charge in [-0.25, -0.2) is 0 Å². The van der Waals surface area contributed by atoms with E-state index in [9.17, 15) is 5.26 Å². The molecule has 0 saturated heterocycles. The first-order valence-electron chi connectivity index (χ1n) is 8.38. The van der Waals surface area contributed by atoms with Crippen LogP contribution in [0.25, 0.3) is 22.4 Å². The van der Waals surface area contributed by atoms with Crippen LogP contribution in [0.4, 0.5) is 0 Å². The summed E-state index contributed by atoms with van der Waals surface area (Å²) in [5.41, 5.74) is 2.29. The van der Waals surface area contributed by atoms with Crippen LogP contribution in [0, 0.1) is 11.3 Å². The zero-order chi connectivity index (χ0) is 19.2. The fraction of sp³-hybridized carbons (Fsp3) is 0.0870. The molecule has 0 unspecified atom stereocenters. The zero-order valence-electron chi connectivity index (χ0n) is 14.9. The van der Waals surface area contributed by atoms with Crippen LogP contribution in [0.3, 0.4) is 0 Å². The number of methoxy groups -OCH3 is 1. The number of hydrogen-bond donors (Lipinski definition) is 0. The van der Waals surface area contributed by atoms with Gasteiger partial charge in [-0.2, -0.15) is 5.26 Å². The van der Waals surface area contributed by atoms with Crippen LogP contribution in [0.15, 0.2) is 71.7 Å². The van der Waals surface area contributed by atoms with Gasteiger partial charge in [-0.05, 0) is 62.1 Å². The summed E-state index contributed by atoms with van der Waals surface area (Å²) in [5, 5.41) is 11.9. The molecule has 3 nitrogen and oxygen atoms in total. The van der Waals surface area contributed by atoms with Gasteiger partial charge in [0.25, 0.3) is 0 Å². The molecule has 0 heterocycles. The number of nitrogens with zero attached hydrogens (tertiary/aromatic N) is 1. The van der Waals surface area contributed by atoms with Gasteiger partial charge in [-0.15, -0.1) is 0 Å². The first-order chi connectivity index (χ1) is 13.2. The normalized spacial score (nSPS) is 11.1. The van der Waals surface area contributed by atoms with Crippen molar-refractivity contribution in [3.8, 4) is 17.6 Å². The summed E-state index contributed by atoms with van der Waals surface area (Å²) in [6.45, 7) is 4.04. The topological polar surface area (TPSA) is 42.2 Å². The summed E-state index contributed by atoms with van der Waals surface area (Å²) in [6, 6.07) is 20.2. The average Bonchev–Trinajstić information content (AvgIpc) is 2.70. The Morgan fingerprint density at radius 3 is 2.63 bits per heavy atom. The average molecular weight is 420 g/mol. The number of nitriles is 1. The van der Waals surface area contributed by atoms with Crippen LogP contribution in [-0.2, 0) is 0 Å². The van der Waals surface area contributed by atoms with Gasteiger partial charge in [-0.3, -0.25) is 0 Å². The van der Waals surface area contributed by atoms with Crippen molar-refractivity contribution >= 4 is 38.4 Å². The lowest BCUT2D eigenvalue weighted by molar-refractivity contribution is 0.324. The van der Waals surface area contributed by atoms with E-state index in [1.807, 2.05) is 54.6 Å². The molecule has 0 amide bonds. The predicted octanol–water partition coefficient (Wildman–Crippen LogP) is 6.24. The maximum absolute atomic E-state index is 9.68. The Kier molecular flexibility index (Phi) is 5.95. The monoisotopic (exact) mass is 419 g/mol. The van der Waals surface area contributed by atoms with Crippen molar-refractivity contribution in [2.75, 3.05) is 13.7 Å². The summed E-state index contributed by atoms with van der Waals surface area (Å²) < 4.78 is 11.8. The van der Waals surface area contributed by atoms with Gasteiger partial charge < -0.3 is 9.47 Å². The van der Waals surface area contributed by atoms with Crippen molar-refractivity contribution in [3.63, 3.8) is 0 Å². The van der Waals surface area contributed by atoms with Crippen molar-refractivity contribution < 1.29 is 9.47 Å². The summed E-state index contributed by atoms with van der Waals surface area (Å²) in [7, 11) is 1.59. The quantitative estimate of drug-likeness (QED) is 0.269. The molecule has 0 saturated carbocycles. The molecule has 0 spiro atoms. The highest BCUT2D eigenvalue weighted by atomic mass is 79.9. The van der Waals surface area contributed by atoms with Crippen molar-refractivity contribution in [1.82, 2.24) is 0 Å². The Hall–Kier alpha value is -3.03. The highest BCUT2D eigenvalue weighted by Crippen LogP contribution is 2.37. The number of ether oxygens (including phenoxy) is 2. The minimum absolute atomic E-state index is 0.380. The number of rotatable bonds is 6. The fourth-order valence-corrected chi connectivity index (χ4v) is 3.38. The molecule has 0 aromatic heterocycles. The molecular formula is C23H18BrNO2. The third kappa shape index (κ3) is 4.21. The molecule has 3 aromatic carbocycles. The second kappa shape index (κ2) is 8.57. The summed E-state index contributed by atoms with van der Waals surface area (Å²) >= 11 is 3.52. The third-order valence-electron chi connectivity index (χ3n) is 4.09. The van der Waals surface area contributed by atoms with E-state index in [-0.39, 0.29) is 0 Å². The van der Waals surface area contributed by atoms with Crippen LogP contribution in [0.2, 0.25) is 0 Å². The van der Waals surface area contributed by atoms with Crippen molar-refractivity contribution in [3.05, 3.63) is 82.9 Å². The van der Waals surface area contributed by atoms with E-state index in [0.717, 1.165) is 26.4 Å². The highest BCUT2D eigenvalue weighted by molar-refractivity contribution is 9.10. The number of fused-ring (bicyclic) bond motifs is 1. The van der Waals surface area contributed by atoms with Gasteiger partial charge in [0.15, 0.2) is 11.5 Å². The molecular weight excluding hydrogens is 402 g/mol. The lowest BCUT2D eigenvalue weighted by Gasteiger charge is -2.12. The Morgan fingerprint density at radius 1 is 1.15 bits per heavy atom. The molecule has 0 aliphatic carbocycles. The van der Waals surface area contributed by atoms with Crippen LogP contribution in [-0.4, -0.2) is 13.7 Å². The molecule has 4 heteroatoms. The lowest BCUT2D eigenvalue weighted by Crippen LogP contribution is -1.97. The van der Waals surface area contributed by atoms with Crippen molar-refractivity contribution in [2.45, 2.75) is 0 Å². The summed E-state index contributed by atoms with van der Waals surface area (Å²) in [4.78, 5) is 0. The Morgan fingerprint density at radius 2 is 1.93 bits per heavy atom. The second-order valence-corrected chi connectivity index (χ2v) is 6.72. The van der Waals surface area contributed by atoms with Gasteiger partial charge in [0.05, 0.1) is 23.2 Å². The molecule has 3 aromatic rings. The van der Waals surface area contributed by atoms with Crippen LogP contribution >= 0.6 is 15.9 Å². The van der Waals surface area contributed by atoms with Gasteiger partial charge >= 0.3 is 0 Å². The van der Waals surface area contributed by atoms with Crippen LogP contribution in [0.5, 0.6) is 11.5 Å². The first kappa shape index (κ1) is 18.8. The number of allylic oxidation sites excluding steroid dienone is 1. The zero-order valence-corrected chi connectivity index (χ0v) is 16.5. The van der Waals surface area contributed by atoms with E-state index in [1.165, 1.54) is 0 Å². The van der Waals surface area contributed by atoms with E-state index in [2.05, 4.69) is 34.6 Å². The molecule has 134 valence electrons. The van der Waals surface area contributed by atoms with E-state index >= 15 is 0 Å². The molecule has 0 aliphatic rings. The predicted molar refractivity (Wildman–Crippen MR) is 114 cm³/mol.